The maximum atomic E-state index is 6.89. The minimum atomic E-state index is -0.359. The minimum Gasteiger partial charge on any atom is -0.343 e. The molecule has 0 aliphatic carbocycles. The van der Waals surface area contributed by atoms with Crippen molar-refractivity contribution < 1.29 is 9.47 Å². The van der Waals surface area contributed by atoms with Gasteiger partial charge in [-0.25, -0.2) is 0 Å². The molecule has 51 heavy (non-hydrogen) atoms. The average molecular weight is 703 g/mol. The summed E-state index contributed by atoms with van der Waals surface area (Å²) in [5, 5.41) is 0. The predicted octanol–water partition coefficient (Wildman–Crippen LogP) is 13.8. The van der Waals surface area contributed by atoms with E-state index in [4.69, 9.17) is 9.47 Å². The molecule has 0 aromatic carbocycles. The van der Waals surface area contributed by atoms with E-state index in [1.54, 1.807) is 0 Å². The molecule has 0 unspecified atom stereocenters. The van der Waals surface area contributed by atoms with Crippen molar-refractivity contribution in [2.75, 3.05) is 13.1 Å². The zero-order valence-corrected chi connectivity index (χ0v) is 33.3. The third kappa shape index (κ3) is 20.7. The van der Waals surface area contributed by atoms with Gasteiger partial charge >= 0.3 is 0 Å². The van der Waals surface area contributed by atoms with Crippen molar-refractivity contribution >= 4 is 0 Å². The minimum absolute atomic E-state index is 0.209. The summed E-state index contributed by atoms with van der Waals surface area (Å²) in [6, 6.07) is 4.24. The van der Waals surface area contributed by atoms with E-state index in [2.05, 4.69) is 84.5 Å². The quantitative estimate of drug-likeness (QED) is 0.0553. The van der Waals surface area contributed by atoms with Crippen LogP contribution in [-0.4, -0.2) is 41.0 Å². The van der Waals surface area contributed by atoms with Gasteiger partial charge in [-0.15, -0.1) is 0 Å². The molecule has 1 aromatic rings. The van der Waals surface area contributed by atoms with Crippen molar-refractivity contribution in [3.63, 3.8) is 0 Å². The van der Waals surface area contributed by atoms with Crippen LogP contribution in [0.15, 0.2) is 73.1 Å². The van der Waals surface area contributed by atoms with Crippen molar-refractivity contribution in [3.05, 3.63) is 78.7 Å². The van der Waals surface area contributed by atoms with E-state index in [1.165, 1.54) is 147 Å². The van der Waals surface area contributed by atoms with Crippen LogP contribution in [0.4, 0.5) is 0 Å². The van der Waals surface area contributed by atoms with Crippen LogP contribution in [0, 0.1) is 0 Å². The topological polar surface area (TPSA) is 34.6 Å². The molecule has 2 aliphatic heterocycles. The van der Waals surface area contributed by atoms with E-state index in [9.17, 15) is 0 Å². The average Bonchev–Trinajstić information content (AvgIpc) is 3.67. The molecular formula is C47H78N2O2. The Bertz CT molecular complexity index is 999. The number of nitrogens with zero attached hydrogens (tertiary/aromatic N) is 2. The van der Waals surface area contributed by atoms with Gasteiger partial charge in [-0.3, -0.25) is 9.88 Å². The summed E-state index contributed by atoms with van der Waals surface area (Å²) >= 11 is 0. The van der Waals surface area contributed by atoms with Gasteiger partial charge in [0.2, 0.25) is 0 Å². The smallest absolute Gasteiger partial charge is 0.169 e. The van der Waals surface area contributed by atoms with Crippen LogP contribution in [0.5, 0.6) is 0 Å². The van der Waals surface area contributed by atoms with Gasteiger partial charge in [0.05, 0.1) is 0 Å². The molecule has 0 saturated carbocycles. The van der Waals surface area contributed by atoms with Gasteiger partial charge in [0.25, 0.3) is 0 Å². The highest BCUT2D eigenvalue weighted by Gasteiger charge is 2.50. The standard InChI is InChI=1S/C47H78N2O2/c1-3-5-7-9-11-13-15-17-19-21-23-25-27-29-31-33-37-47(50-45-42-49(43-46(45)51-47)41-44-35-39-48-40-36-44)38-34-32-30-28-26-24-22-20-18-16-14-12-10-8-6-4-2/h11-14,17-20,35-36,39-40,45-46H,3-10,15-16,21-34,37-38,41-43H2,1-2H3/b13-11-,14-12-,19-17-,20-18-/t45-,46+. The molecule has 2 aliphatic rings. The number of fused-ring (bicyclic) bond motifs is 1. The number of pyridine rings is 1. The maximum absolute atomic E-state index is 6.89. The lowest BCUT2D eigenvalue weighted by Crippen LogP contribution is -2.35. The van der Waals surface area contributed by atoms with E-state index >= 15 is 0 Å². The number of hydrogen-bond acceptors (Lipinski definition) is 4. The van der Waals surface area contributed by atoms with Gasteiger partial charge in [-0.2, -0.15) is 0 Å². The van der Waals surface area contributed by atoms with Crippen LogP contribution < -0.4 is 0 Å². The first-order chi connectivity index (χ1) is 25.2. The number of likely N-dealkylation sites (tertiary alicyclic amines) is 1. The Hall–Kier alpha value is -2.01. The lowest BCUT2D eigenvalue weighted by Gasteiger charge is -2.31. The summed E-state index contributed by atoms with van der Waals surface area (Å²) in [6.45, 7) is 7.44. The summed E-state index contributed by atoms with van der Waals surface area (Å²) in [5.74, 6) is -0.359. The fraction of sp³-hybridized carbons (Fsp3) is 0.723. The molecule has 2 fully saturated rings. The molecule has 0 amide bonds. The number of allylic oxidation sites excluding steroid dienone is 8. The van der Waals surface area contributed by atoms with Crippen LogP contribution in [0.1, 0.15) is 186 Å². The molecular weight excluding hydrogens is 625 g/mol. The number of hydrogen-bond donors (Lipinski definition) is 0. The van der Waals surface area contributed by atoms with Crippen molar-refractivity contribution in [2.24, 2.45) is 0 Å². The van der Waals surface area contributed by atoms with Gasteiger partial charge in [0.15, 0.2) is 5.79 Å². The zero-order valence-electron chi connectivity index (χ0n) is 33.3. The van der Waals surface area contributed by atoms with Gasteiger partial charge in [0, 0.05) is 44.9 Å². The molecule has 2 atom stereocenters. The van der Waals surface area contributed by atoms with E-state index in [0.29, 0.717) is 0 Å². The molecule has 0 bridgehead atoms. The lowest BCUT2D eigenvalue weighted by molar-refractivity contribution is -0.194. The van der Waals surface area contributed by atoms with Crippen molar-refractivity contribution in [3.8, 4) is 0 Å². The molecule has 4 heteroatoms. The Morgan fingerprint density at radius 1 is 0.549 bits per heavy atom. The van der Waals surface area contributed by atoms with Crippen molar-refractivity contribution in [1.29, 1.82) is 0 Å². The van der Waals surface area contributed by atoms with Gasteiger partial charge < -0.3 is 9.47 Å². The lowest BCUT2D eigenvalue weighted by atomic mass is 9.98. The maximum Gasteiger partial charge on any atom is 0.169 e. The van der Waals surface area contributed by atoms with E-state index in [0.717, 1.165) is 45.3 Å². The Kier molecular flexibility index (Phi) is 25.1. The Balaban J connectivity index is 1.28. The van der Waals surface area contributed by atoms with Crippen molar-refractivity contribution in [1.82, 2.24) is 9.88 Å². The molecule has 1 aromatic heterocycles. The van der Waals surface area contributed by atoms with Gasteiger partial charge in [-0.1, -0.05) is 140 Å². The predicted molar refractivity (Wildman–Crippen MR) is 220 cm³/mol. The molecule has 2 saturated heterocycles. The number of rotatable bonds is 32. The van der Waals surface area contributed by atoms with E-state index < -0.39 is 0 Å². The molecule has 0 spiro atoms. The van der Waals surface area contributed by atoms with Crippen LogP contribution >= 0.6 is 0 Å². The zero-order chi connectivity index (χ0) is 35.9. The third-order valence-electron chi connectivity index (χ3n) is 10.7. The molecule has 0 radical (unpaired) electrons. The van der Waals surface area contributed by atoms with Crippen LogP contribution in [0.25, 0.3) is 0 Å². The summed E-state index contributed by atoms with van der Waals surface area (Å²) in [6.07, 6.45) is 56.0. The second kappa shape index (κ2) is 29.4. The second-order valence-corrected chi connectivity index (χ2v) is 15.4. The summed E-state index contributed by atoms with van der Waals surface area (Å²) < 4.78 is 13.8. The number of aromatic nitrogens is 1. The van der Waals surface area contributed by atoms with Crippen LogP contribution in [0.2, 0.25) is 0 Å². The molecule has 288 valence electrons. The second-order valence-electron chi connectivity index (χ2n) is 15.4. The summed E-state index contributed by atoms with van der Waals surface area (Å²) in [5.41, 5.74) is 1.32. The first kappa shape index (κ1) is 43.4. The SMILES string of the molecule is CCCCC/C=C\C/C=C\CCCCCCCCC1(CCCCCCCC/C=C\C/C=C\CCCCC)O[C@H]2CN(Cc3ccncc3)C[C@H]2O1. The van der Waals surface area contributed by atoms with Crippen LogP contribution in [-0.2, 0) is 16.0 Å². The highest BCUT2D eigenvalue weighted by molar-refractivity contribution is 5.10. The monoisotopic (exact) mass is 703 g/mol. The van der Waals surface area contributed by atoms with Gasteiger partial charge in [-0.05, 0) is 94.7 Å². The fourth-order valence-corrected chi connectivity index (χ4v) is 7.63. The normalized spacial score (nSPS) is 19.2. The largest absolute Gasteiger partial charge is 0.343 e. The molecule has 0 N–H and O–H groups in total. The summed E-state index contributed by atoms with van der Waals surface area (Å²) in [4.78, 5) is 6.68. The molecule has 4 nitrogen and oxygen atoms in total. The number of ether oxygens (including phenoxy) is 2. The molecule has 3 rings (SSSR count). The fourth-order valence-electron chi connectivity index (χ4n) is 7.63. The van der Waals surface area contributed by atoms with Crippen LogP contribution in [0.3, 0.4) is 0 Å². The number of unbranched alkanes of at least 4 members (excludes halogenated alkanes) is 18. The molecule has 3 heterocycles. The highest BCUT2D eigenvalue weighted by atomic mass is 16.8. The summed E-state index contributed by atoms with van der Waals surface area (Å²) in [7, 11) is 0. The van der Waals surface area contributed by atoms with Crippen molar-refractivity contribution in [2.45, 2.75) is 205 Å². The van der Waals surface area contributed by atoms with E-state index in [1.807, 2.05) is 12.4 Å². The first-order valence-corrected chi connectivity index (χ1v) is 21.8. The Morgan fingerprint density at radius 2 is 0.941 bits per heavy atom. The first-order valence-electron chi connectivity index (χ1n) is 21.8. The Morgan fingerprint density at radius 3 is 1.37 bits per heavy atom. The van der Waals surface area contributed by atoms with E-state index in [-0.39, 0.29) is 18.0 Å². The van der Waals surface area contributed by atoms with Gasteiger partial charge in [0.1, 0.15) is 12.2 Å². The third-order valence-corrected chi connectivity index (χ3v) is 10.7. The highest BCUT2D eigenvalue weighted by Crippen LogP contribution is 2.41. The Labute approximate surface area is 315 Å².